The van der Waals surface area contributed by atoms with Gasteiger partial charge in [-0.2, -0.15) is 0 Å². The Morgan fingerprint density at radius 3 is 2.52 bits per heavy atom. The lowest BCUT2D eigenvalue weighted by atomic mass is 10.0. The Morgan fingerprint density at radius 2 is 1.85 bits per heavy atom. The molecule has 0 saturated carbocycles. The van der Waals surface area contributed by atoms with Gasteiger partial charge in [0.05, 0.1) is 12.4 Å². The van der Waals surface area contributed by atoms with Crippen LogP contribution in [0.3, 0.4) is 0 Å². The molecule has 0 bridgehead atoms. The minimum atomic E-state index is -0.287. The van der Waals surface area contributed by atoms with Crippen molar-refractivity contribution >= 4 is 29.0 Å². The number of benzene rings is 2. The van der Waals surface area contributed by atoms with E-state index in [0.717, 1.165) is 17.0 Å². The fraction of sp³-hybridized carbons (Fsp3) is 0.250. The van der Waals surface area contributed by atoms with Crippen molar-refractivity contribution in [1.82, 2.24) is 19.6 Å². The van der Waals surface area contributed by atoms with Crippen LogP contribution in [0.1, 0.15) is 32.3 Å². The van der Waals surface area contributed by atoms with E-state index in [1.165, 1.54) is 27.9 Å². The highest BCUT2D eigenvalue weighted by molar-refractivity contribution is 7.99. The molecule has 170 valence electrons. The fourth-order valence-corrected chi connectivity index (χ4v) is 4.01. The summed E-state index contributed by atoms with van der Waals surface area (Å²) in [7, 11) is 0. The number of hydrogen-bond acceptors (Lipinski definition) is 6. The molecule has 8 nitrogen and oxygen atoms in total. The molecule has 9 heteroatoms. The standard InChI is InChI=1S/C24H25N5O3S/c1-4-32-19-11-7-17(8-12-19)23-26-20-13-21(30)28-29(20)24(27-23)33-14-22(31)25-18-9-5-16(6-10-18)15(2)3/h5-13,15H,4,14H2,1-3H3,(H,25,31)(H,28,30). The van der Waals surface area contributed by atoms with E-state index in [1.54, 1.807) is 0 Å². The fourth-order valence-electron chi connectivity index (χ4n) is 3.26. The van der Waals surface area contributed by atoms with Gasteiger partial charge in [0.15, 0.2) is 16.6 Å². The monoisotopic (exact) mass is 463 g/mol. The van der Waals surface area contributed by atoms with Gasteiger partial charge in [-0.25, -0.2) is 14.5 Å². The van der Waals surface area contributed by atoms with E-state index in [4.69, 9.17) is 4.74 Å². The first-order valence-corrected chi connectivity index (χ1v) is 11.7. The minimum absolute atomic E-state index is 0.126. The second kappa shape index (κ2) is 9.91. The van der Waals surface area contributed by atoms with Crippen molar-refractivity contribution in [1.29, 1.82) is 0 Å². The molecule has 0 aliphatic carbocycles. The molecule has 1 amide bonds. The van der Waals surface area contributed by atoms with Crippen LogP contribution >= 0.6 is 11.8 Å². The second-order valence-electron chi connectivity index (χ2n) is 7.71. The number of nitrogens with zero attached hydrogens (tertiary/aromatic N) is 3. The number of aromatic nitrogens is 4. The van der Waals surface area contributed by atoms with E-state index in [2.05, 4.69) is 34.2 Å². The summed E-state index contributed by atoms with van der Waals surface area (Å²) in [6.45, 7) is 6.76. The topological polar surface area (TPSA) is 101 Å². The lowest BCUT2D eigenvalue weighted by Gasteiger charge is -2.10. The molecule has 0 aliphatic heterocycles. The van der Waals surface area contributed by atoms with E-state index >= 15 is 0 Å². The van der Waals surface area contributed by atoms with Gasteiger partial charge >= 0.3 is 0 Å². The van der Waals surface area contributed by atoms with Gasteiger partial charge in [-0.3, -0.25) is 14.7 Å². The van der Waals surface area contributed by atoms with E-state index in [9.17, 15) is 9.59 Å². The summed E-state index contributed by atoms with van der Waals surface area (Å²) in [6, 6.07) is 16.6. The smallest absolute Gasteiger partial charge is 0.266 e. The third-order valence-electron chi connectivity index (χ3n) is 4.94. The molecule has 2 aromatic heterocycles. The molecule has 4 aromatic rings. The van der Waals surface area contributed by atoms with E-state index in [1.807, 2.05) is 55.5 Å². The predicted molar refractivity (Wildman–Crippen MR) is 130 cm³/mol. The van der Waals surface area contributed by atoms with Crippen LogP contribution in [-0.4, -0.2) is 37.8 Å². The Bertz CT molecular complexity index is 1310. The van der Waals surface area contributed by atoms with Gasteiger partial charge in [-0.1, -0.05) is 37.7 Å². The Balaban J connectivity index is 1.52. The summed E-state index contributed by atoms with van der Waals surface area (Å²) >= 11 is 1.22. The number of thioether (sulfide) groups is 1. The predicted octanol–water partition coefficient (Wildman–Crippen LogP) is 4.34. The molecule has 0 radical (unpaired) electrons. The van der Waals surface area contributed by atoms with E-state index < -0.39 is 0 Å². The third-order valence-corrected chi connectivity index (χ3v) is 5.88. The van der Waals surface area contributed by atoms with Gasteiger partial charge in [0.25, 0.3) is 5.56 Å². The number of hydrogen-bond donors (Lipinski definition) is 2. The summed E-state index contributed by atoms with van der Waals surface area (Å²) in [5.74, 6) is 1.61. The van der Waals surface area contributed by atoms with Gasteiger partial charge < -0.3 is 10.1 Å². The molecule has 33 heavy (non-hydrogen) atoms. The number of nitrogens with one attached hydrogen (secondary N) is 2. The SMILES string of the molecule is CCOc1ccc(-c2nc(SCC(=O)Nc3ccc(C(C)C)cc3)n3[nH]c(=O)cc3n2)cc1. The molecule has 4 rings (SSSR count). The number of H-pyrrole nitrogens is 1. The normalized spacial score (nSPS) is 11.2. The summed E-state index contributed by atoms with van der Waals surface area (Å²) in [5, 5.41) is 6.05. The molecular weight excluding hydrogens is 438 g/mol. The first kappa shape index (κ1) is 22.6. The van der Waals surface area contributed by atoms with Crippen LogP contribution in [0, 0.1) is 0 Å². The first-order chi connectivity index (χ1) is 15.9. The average Bonchev–Trinajstić information content (AvgIpc) is 3.18. The maximum absolute atomic E-state index is 12.5. The van der Waals surface area contributed by atoms with Gasteiger partial charge in [0.2, 0.25) is 5.91 Å². The number of fused-ring (bicyclic) bond motifs is 1. The second-order valence-corrected chi connectivity index (χ2v) is 8.66. The molecule has 0 unspecified atom stereocenters. The number of aromatic amines is 1. The zero-order chi connectivity index (χ0) is 23.4. The molecule has 2 N–H and O–H groups in total. The Morgan fingerprint density at radius 1 is 1.12 bits per heavy atom. The molecular formula is C24H25N5O3S. The van der Waals surface area contributed by atoms with Gasteiger partial charge in [0.1, 0.15) is 5.75 Å². The molecule has 2 aromatic carbocycles. The van der Waals surface area contributed by atoms with Crippen LogP contribution in [0.2, 0.25) is 0 Å². The maximum Gasteiger partial charge on any atom is 0.266 e. The van der Waals surface area contributed by atoms with Gasteiger partial charge in [-0.15, -0.1) is 0 Å². The zero-order valence-electron chi connectivity index (χ0n) is 18.7. The van der Waals surface area contributed by atoms with E-state index in [-0.39, 0.29) is 17.2 Å². The molecule has 0 spiro atoms. The molecule has 0 atom stereocenters. The van der Waals surface area contributed by atoms with Crippen LogP contribution in [0.4, 0.5) is 5.69 Å². The number of anilines is 1. The van der Waals surface area contributed by atoms with Crippen LogP contribution in [0.15, 0.2) is 64.5 Å². The lowest BCUT2D eigenvalue weighted by Crippen LogP contribution is -2.15. The zero-order valence-corrected chi connectivity index (χ0v) is 19.5. The highest BCUT2D eigenvalue weighted by Crippen LogP contribution is 2.24. The van der Waals surface area contributed by atoms with Crippen LogP contribution in [-0.2, 0) is 4.79 Å². The highest BCUT2D eigenvalue weighted by atomic mass is 32.2. The van der Waals surface area contributed by atoms with Crippen molar-refractivity contribution in [2.45, 2.75) is 31.8 Å². The molecule has 0 saturated heterocycles. The number of carbonyl (C=O) groups excluding carboxylic acids is 1. The van der Waals surface area contributed by atoms with Crippen molar-refractivity contribution < 1.29 is 9.53 Å². The Kier molecular flexibility index (Phi) is 6.79. The van der Waals surface area contributed by atoms with Crippen LogP contribution in [0.25, 0.3) is 17.0 Å². The number of rotatable bonds is 8. The van der Waals surface area contributed by atoms with Crippen molar-refractivity contribution in [2.75, 3.05) is 17.7 Å². The van der Waals surface area contributed by atoms with Gasteiger partial charge in [-0.05, 0) is 54.8 Å². The maximum atomic E-state index is 12.5. The van der Waals surface area contributed by atoms with E-state index in [0.29, 0.717) is 29.2 Å². The summed E-state index contributed by atoms with van der Waals surface area (Å²) in [6.07, 6.45) is 0. The lowest BCUT2D eigenvalue weighted by molar-refractivity contribution is -0.113. The molecule has 0 aliphatic rings. The number of ether oxygens (including phenoxy) is 1. The summed E-state index contributed by atoms with van der Waals surface area (Å²) < 4.78 is 6.98. The minimum Gasteiger partial charge on any atom is -0.494 e. The Hall–Kier alpha value is -3.59. The average molecular weight is 464 g/mol. The number of carbonyl (C=O) groups is 1. The van der Waals surface area contributed by atoms with Crippen molar-refractivity contribution in [2.24, 2.45) is 0 Å². The van der Waals surface area contributed by atoms with Crippen LogP contribution < -0.4 is 15.6 Å². The highest BCUT2D eigenvalue weighted by Gasteiger charge is 2.14. The van der Waals surface area contributed by atoms with Crippen molar-refractivity contribution in [3.8, 4) is 17.1 Å². The molecule has 2 heterocycles. The summed E-state index contributed by atoms with van der Waals surface area (Å²) in [5.41, 5.74) is 2.88. The van der Waals surface area contributed by atoms with Gasteiger partial charge in [0, 0.05) is 17.3 Å². The Labute approximate surface area is 195 Å². The van der Waals surface area contributed by atoms with Crippen molar-refractivity contribution in [3.63, 3.8) is 0 Å². The molecule has 0 fully saturated rings. The quantitative estimate of drug-likeness (QED) is 0.377. The third kappa shape index (κ3) is 5.43. The summed E-state index contributed by atoms with van der Waals surface area (Å²) in [4.78, 5) is 33.5. The first-order valence-electron chi connectivity index (χ1n) is 10.7. The van der Waals surface area contributed by atoms with Crippen molar-refractivity contribution in [3.05, 3.63) is 70.5 Å². The number of amides is 1. The largest absolute Gasteiger partial charge is 0.494 e. The van der Waals surface area contributed by atoms with Crippen LogP contribution in [0.5, 0.6) is 5.75 Å².